The Hall–Kier alpha value is -2.68. The van der Waals surface area contributed by atoms with E-state index in [2.05, 4.69) is 4.98 Å². The molecule has 3 heteroatoms. The van der Waals surface area contributed by atoms with Gasteiger partial charge in [-0.1, -0.05) is 48.5 Å². The number of hydrogen-bond acceptors (Lipinski definition) is 3. The van der Waals surface area contributed by atoms with Crippen LogP contribution in [0.5, 0.6) is 0 Å². The third kappa shape index (κ3) is 2.52. The van der Waals surface area contributed by atoms with Crippen molar-refractivity contribution < 1.29 is 9.53 Å². The summed E-state index contributed by atoms with van der Waals surface area (Å²) in [4.78, 5) is 16.4. The second-order valence-corrected chi connectivity index (χ2v) is 4.44. The number of carbonyl (C=O) groups excluding carboxylic acids is 1. The Morgan fingerprint density at radius 3 is 2.55 bits per heavy atom. The molecule has 3 aromatic rings. The maximum absolute atomic E-state index is 12.2. The van der Waals surface area contributed by atoms with Gasteiger partial charge in [0.15, 0.2) is 0 Å². The van der Waals surface area contributed by atoms with Crippen LogP contribution in [0.2, 0.25) is 0 Å². The molecular weight excluding hydrogens is 250 g/mol. The van der Waals surface area contributed by atoms with Crippen molar-refractivity contribution in [3.63, 3.8) is 0 Å². The fourth-order valence-corrected chi connectivity index (χ4v) is 2.07. The minimum Gasteiger partial charge on any atom is -0.457 e. The van der Waals surface area contributed by atoms with Crippen molar-refractivity contribution in [1.82, 2.24) is 4.98 Å². The number of nitrogens with zero attached hydrogens (tertiary/aromatic N) is 1. The van der Waals surface area contributed by atoms with E-state index in [0.29, 0.717) is 5.56 Å². The van der Waals surface area contributed by atoms with Gasteiger partial charge in [-0.05, 0) is 17.7 Å². The molecule has 0 unspecified atom stereocenters. The average molecular weight is 263 g/mol. The number of aromatic nitrogens is 1. The Morgan fingerprint density at radius 2 is 1.70 bits per heavy atom. The molecule has 1 heterocycles. The summed E-state index contributed by atoms with van der Waals surface area (Å²) in [5, 5.41) is 0.813. The Bertz CT molecular complexity index is 733. The second kappa shape index (κ2) is 5.53. The van der Waals surface area contributed by atoms with Gasteiger partial charge in [0.25, 0.3) is 0 Å². The minimum atomic E-state index is -0.326. The summed E-state index contributed by atoms with van der Waals surface area (Å²) in [6.07, 6.45) is 1.63. The average Bonchev–Trinajstić information content (AvgIpc) is 2.53. The van der Waals surface area contributed by atoms with Crippen molar-refractivity contribution >= 4 is 16.9 Å². The lowest BCUT2D eigenvalue weighted by molar-refractivity contribution is 0.0475. The van der Waals surface area contributed by atoms with Crippen LogP contribution in [0.25, 0.3) is 10.9 Å². The van der Waals surface area contributed by atoms with Crippen molar-refractivity contribution in [2.45, 2.75) is 6.61 Å². The Labute approximate surface area is 116 Å². The fraction of sp³-hybridized carbons (Fsp3) is 0.0588. The summed E-state index contributed by atoms with van der Waals surface area (Å²) in [6, 6.07) is 18.9. The van der Waals surface area contributed by atoms with Gasteiger partial charge >= 0.3 is 5.97 Å². The van der Waals surface area contributed by atoms with Crippen molar-refractivity contribution in [2.75, 3.05) is 0 Å². The number of para-hydroxylation sites is 1. The number of pyridine rings is 1. The lowest BCUT2D eigenvalue weighted by atomic mass is 10.1. The van der Waals surface area contributed by atoms with E-state index >= 15 is 0 Å². The van der Waals surface area contributed by atoms with Crippen LogP contribution in [-0.2, 0) is 11.3 Å². The quantitative estimate of drug-likeness (QED) is 0.678. The van der Waals surface area contributed by atoms with Gasteiger partial charge in [0.1, 0.15) is 6.61 Å². The number of rotatable bonds is 3. The third-order valence-corrected chi connectivity index (χ3v) is 3.08. The van der Waals surface area contributed by atoms with E-state index in [-0.39, 0.29) is 12.6 Å². The van der Waals surface area contributed by atoms with Crippen LogP contribution in [-0.4, -0.2) is 11.0 Å². The smallest absolute Gasteiger partial charge is 0.339 e. The zero-order valence-electron chi connectivity index (χ0n) is 10.8. The van der Waals surface area contributed by atoms with Gasteiger partial charge in [-0.25, -0.2) is 4.79 Å². The molecule has 0 aliphatic heterocycles. The highest BCUT2D eigenvalue weighted by molar-refractivity contribution is 6.03. The van der Waals surface area contributed by atoms with Gasteiger partial charge < -0.3 is 4.74 Å². The van der Waals surface area contributed by atoms with Crippen molar-refractivity contribution in [2.24, 2.45) is 0 Å². The Balaban J connectivity index is 1.82. The number of hydrogen-bond donors (Lipinski definition) is 0. The van der Waals surface area contributed by atoms with Gasteiger partial charge in [0.05, 0.1) is 11.1 Å². The highest BCUT2D eigenvalue weighted by Gasteiger charge is 2.11. The first-order valence-electron chi connectivity index (χ1n) is 6.39. The predicted octanol–water partition coefficient (Wildman–Crippen LogP) is 3.59. The molecule has 20 heavy (non-hydrogen) atoms. The molecule has 0 fully saturated rings. The summed E-state index contributed by atoms with van der Waals surface area (Å²) in [6.45, 7) is 0.274. The first kappa shape index (κ1) is 12.4. The van der Waals surface area contributed by atoms with Gasteiger partial charge in [0.2, 0.25) is 0 Å². The molecule has 0 aliphatic rings. The monoisotopic (exact) mass is 263 g/mol. The largest absolute Gasteiger partial charge is 0.457 e. The Kier molecular flexibility index (Phi) is 3.42. The molecule has 3 rings (SSSR count). The van der Waals surface area contributed by atoms with E-state index in [1.54, 1.807) is 12.3 Å². The number of ether oxygens (including phenoxy) is 1. The molecule has 0 atom stereocenters. The zero-order chi connectivity index (χ0) is 13.8. The Morgan fingerprint density at radius 1 is 0.950 bits per heavy atom. The molecular formula is C17H13NO2. The number of carbonyl (C=O) groups is 1. The van der Waals surface area contributed by atoms with Crippen LogP contribution in [0.3, 0.4) is 0 Å². The lowest BCUT2D eigenvalue weighted by Crippen LogP contribution is -2.06. The lowest BCUT2D eigenvalue weighted by Gasteiger charge is -2.07. The van der Waals surface area contributed by atoms with E-state index in [4.69, 9.17) is 4.74 Å². The fourth-order valence-electron chi connectivity index (χ4n) is 2.07. The van der Waals surface area contributed by atoms with Crippen LogP contribution in [0.15, 0.2) is 66.9 Å². The highest BCUT2D eigenvalue weighted by Crippen LogP contribution is 2.17. The van der Waals surface area contributed by atoms with Crippen LogP contribution in [0.4, 0.5) is 0 Å². The third-order valence-electron chi connectivity index (χ3n) is 3.08. The number of esters is 1. The summed E-state index contributed by atoms with van der Waals surface area (Å²) in [5.41, 5.74) is 2.31. The van der Waals surface area contributed by atoms with Gasteiger partial charge in [-0.3, -0.25) is 4.98 Å². The van der Waals surface area contributed by atoms with Gasteiger partial charge in [-0.15, -0.1) is 0 Å². The molecule has 0 aliphatic carbocycles. The maximum atomic E-state index is 12.2. The molecule has 2 aromatic carbocycles. The zero-order valence-corrected chi connectivity index (χ0v) is 10.8. The molecule has 0 spiro atoms. The van der Waals surface area contributed by atoms with Crippen molar-refractivity contribution in [3.8, 4) is 0 Å². The number of fused-ring (bicyclic) bond motifs is 1. The molecule has 98 valence electrons. The van der Waals surface area contributed by atoms with Crippen molar-refractivity contribution in [1.29, 1.82) is 0 Å². The predicted molar refractivity (Wildman–Crippen MR) is 77.3 cm³/mol. The summed E-state index contributed by atoms with van der Waals surface area (Å²) >= 11 is 0. The van der Waals surface area contributed by atoms with E-state index < -0.39 is 0 Å². The molecule has 0 radical (unpaired) electrons. The van der Waals surface area contributed by atoms with Gasteiger partial charge in [-0.2, -0.15) is 0 Å². The second-order valence-electron chi connectivity index (χ2n) is 4.44. The van der Waals surface area contributed by atoms with E-state index in [9.17, 15) is 4.79 Å². The van der Waals surface area contributed by atoms with E-state index in [1.165, 1.54) is 0 Å². The summed E-state index contributed by atoms with van der Waals surface area (Å²) in [7, 11) is 0. The molecule has 0 amide bonds. The molecule has 0 saturated heterocycles. The topological polar surface area (TPSA) is 39.2 Å². The van der Waals surface area contributed by atoms with Gasteiger partial charge in [0, 0.05) is 11.6 Å². The maximum Gasteiger partial charge on any atom is 0.339 e. The van der Waals surface area contributed by atoms with Crippen LogP contribution in [0.1, 0.15) is 15.9 Å². The standard InChI is InChI=1S/C17H13NO2/c19-17(20-12-13-6-2-1-3-7-13)15-10-11-18-16-9-5-4-8-14(15)16/h1-11H,12H2. The van der Waals surface area contributed by atoms with Crippen molar-refractivity contribution in [3.05, 3.63) is 78.0 Å². The minimum absolute atomic E-state index is 0.274. The first-order valence-corrected chi connectivity index (χ1v) is 6.39. The molecule has 0 bridgehead atoms. The molecule has 0 saturated carbocycles. The van der Waals surface area contributed by atoms with E-state index in [1.807, 2.05) is 54.6 Å². The summed E-state index contributed by atoms with van der Waals surface area (Å²) in [5.74, 6) is -0.326. The summed E-state index contributed by atoms with van der Waals surface area (Å²) < 4.78 is 5.36. The van der Waals surface area contributed by atoms with Crippen LogP contribution < -0.4 is 0 Å². The first-order chi connectivity index (χ1) is 9.84. The van der Waals surface area contributed by atoms with Crippen LogP contribution in [0, 0.1) is 0 Å². The molecule has 3 nitrogen and oxygen atoms in total. The van der Waals surface area contributed by atoms with Crippen LogP contribution >= 0.6 is 0 Å². The molecule has 0 N–H and O–H groups in total. The highest BCUT2D eigenvalue weighted by atomic mass is 16.5. The normalized spacial score (nSPS) is 10.4. The SMILES string of the molecule is O=C(OCc1ccccc1)c1ccnc2ccccc12. The number of benzene rings is 2. The van der Waals surface area contributed by atoms with E-state index in [0.717, 1.165) is 16.5 Å². The molecule has 1 aromatic heterocycles.